The molecule has 1 N–H and O–H groups in total. The molecule has 68 valence electrons. The molecule has 2 rings (SSSR count). The maximum absolute atomic E-state index is 10.8. The van der Waals surface area contributed by atoms with Crippen LogP contribution < -0.4 is 10.8 Å². The highest BCUT2D eigenvalue weighted by molar-refractivity contribution is 7.23. The molecule has 3 nitrogen and oxygen atoms in total. The number of anilines is 1. The Bertz CT molecular complexity index is 495. The molecular formula is C9H7BN2OS. The van der Waals surface area contributed by atoms with Gasteiger partial charge in [0.15, 0.2) is 5.13 Å². The molecule has 0 fully saturated rings. The zero-order valence-corrected chi connectivity index (χ0v) is 8.39. The van der Waals surface area contributed by atoms with E-state index in [1.165, 1.54) is 18.3 Å². The number of hydrogen-bond donors (Lipinski definition) is 1. The third-order valence-corrected chi connectivity index (χ3v) is 2.76. The minimum atomic E-state index is -0.123. The van der Waals surface area contributed by atoms with Crippen LogP contribution in [0, 0.1) is 0 Å². The molecule has 14 heavy (non-hydrogen) atoms. The van der Waals surface area contributed by atoms with Crippen molar-refractivity contribution in [2.45, 2.75) is 6.92 Å². The first kappa shape index (κ1) is 9.21. The summed E-state index contributed by atoms with van der Waals surface area (Å²) in [6.07, 6.45) is 0. The Hall–Kier alpha value is -1.36. The highest BCUT2D eigenvalue weighted by atomic mass is 32.1. The standard InChI is InChI=1S/C9H7BN2OS/c1-5(13)11-9-12-7-4-2-3-6(10)8(7)14-9/h2-4H,1H3,(H,11,12,13). The molecular weight excluding hydrogens is 195 g/mol. The first-order valence-electron chi connectivity index (χ1n) is 4.09. The van der Waals surface area contributed by atoms with E-state index in [0.29, 0.717) is 10.6 Å². The van der Waals surface area contributed by atoms with Gasteiger partial charge in [-0.3, -0.25) is 4.79 Å². The van der Waals surface area contributed by atoms with E-state index in [-0.39, 0.29) is 5.91 Å². The number of benzene rings is 1. The Morgan fingerprint density at radius 2 is 2.36 bits per heavy atom. The third kappa shape index (κ3) is 1.63. The van der Waals surface area contributed by atoms with E-state index >= 15 is 0 Å². The van der Waals surface area contributed by atoms with E-state index < -0.39 is 0 Å². The van der Waals surface area contributed by atoms with Gasteiger partial charge in [-0.2, -0.15) is 0 Å². The molecule has 2 radical (unpaired) electrons. The number of amides is 1. The average Bonchev–Trinajstić information content (AvgIpc) is 2.47. The Labute approximate surface area is 86.6 Å². The highest BCUT2D eigenvalue weighted by Crippen LogP contribution is 2.23. The number of thiazole rings is 1. The molecule has 1 amide bonds. The summed E-state index contributed by atoms with van der Waals surface area (Å²) in [5.41, 5.74) is 1.51. The van der Waals surface area contributed by atoms with Crippen molar-refractivity contribution in [2.24, 2.45) is 0 Å². The fourth-order valence-electron chi connectivity index (χ4n) is 1.17. The number of nitrogens with one attached hydrogen (secondary N) is 1. The lowest BCUT2D eigenvalue weighted by Gasteiger charge is -1.91. The SMILES string of the molecule is [B]c1cccc2nc(NC(C)=O)sc12. The van der Waals surface area contributed by atoms with Gasteiger partial charge in [0.2, 0.25) is 5.91 Å². The summed E-state index contributed by atoms with van der Waals surface area (Å²) < 4.78 is 0.913. The number of fused-ring (bicyclic) bond motifs is 1. The largest absolute Gasteiger partial charge is 0.302 e. The summed E-state index contributed by atoms with van der Waals surface area (Å²) in [7, 11) is 5.76. The number of carbonyl (C=O) groups is 1. The van der Waals surface area contributed by atoms with E-state index in [0.717, 1.165) is 10.2 Å². The summed E-state index contributed by atoms with van der Waals surface area (Å²) in [6.45, 7) is 1.45. The van der Waals surface area contributed by atoms with Crippen molar-refractivity contribution >= 4 is 45.9 Å². The van der Waals surface area contributed by atoms with Gasteiger partial charge in [-0.15, -0.1) is 0 Å². The summed E-state index contributed by atoms with van der Waals surface area (Å²) >= 11 is 1.38. The lowest BCUT2D eigenvalue weighted by molar-refractivity contribution is -0.114. The predicted octanol–water partition coefficient (Wildman–Crippen LogP) is 1.05. The number of hydrogen-bond acceptors (Lipinski definition) is 3. The van der Waals surface area contributed by atoms with Crippen LogP contribution in [-0.4, -0.2) is 18.7 Å². The van der Waals surface area contributed by atoms with Gasteiger partial charge >= 0.3 is 0 Å². The molecule has 0 unspecified atom stereocenters. The molecule has 0 saturated carbocycles. The van der Waals surface area contributed by atoms with Gasteiger partial charge in [-0.1, -0.05) is 28.9 Å². The van der Waals surface area contributed by atoms with Crippen LogP contribution in [0.15, 0.2) is 18.2 Å². The van der Waals surface area contributed by atoms with Crippen LogP contribution in [0.2, 0.25) is 0 Å². The summed E-state index contributed by atoms with van der Waals surface area (Å²) in [5.74, 6) is -0.123. The van der Waals surface area contributed by atoms with Gasteiger partial charge in [-0.25, -0.2) is 4.98 Å². The Balaban J connectivity index is 2.51. The second kappa shape index (κ2) is 3.42. The van der Waals surface area contributed by atoms with E-state index in [4.69, 9.17) is 7.85 Å². The molecule has 1 aromatic heterocycles. The predicted molar refractivity (Wildman–Crippen MR) is 59.3 cm³/mol. The fourth-order valence-corrected chi connectivity index (χ4v) is 2.11. The van der Waals surface area contributed by atoms with Crippen LogP contribution in [0.25, 0.3) is 10.2 Å². The fraction of sp³-hybridized carbons (Fsp3) is 0.111. The van der Waals surface area contributed by atoms with Crippen molar-refractivity contribution < 1.29 is 4.79 Å². The number of aromatic nitrogens is 1. The van der Waals surface area contributed by atoms with Crippen LogP contribution in [0.1, 0.15) is 6.92 Å². The van der Waals surface area contributed by atoms with Crippen molar-refractivity contribution in [1.82, 2.24) is 4.98 Å². The van der Waals surface area contributed by atoms with Crippen molar-refractivity contribution in [3.05, 3.63) is 18.2 Å². The molecule has 0 saturated heterocycles. The first-order chi connectivity index (χ1) is 6.66. The zero-order valence-electron chi connectivity index (χ0n) is 7.57. The Morgan fingerprint density at radius 3 is 3.00 bits per heavy atom. The van der Waals surface area contributed by atoms with Crippen LogP contribution in [0.5, 0.6) is 0 Å². The quantitative estimate of drug-likeness (QED) is 0.702. The van der Waals surface area contributed by atoms with Gasteiger partial charge in [-0.05, 0) is 6.07 Å². The maximum Gasteiger partial charge on any atom is 0.223 e. The van der Waals surface area contributed by atoms with E-state index in [1.54, 1.807) is 0 Å². The van der Waals surface area contributed by atoms with Crippen LogP contribution in [-0.2, 0) is 4.79 Å². The summed E-state index contributed by atoms with van der Waals surface area (Å²) in [6, 6.07) is 5.53. The Kier molecular flexibility index (Phi) is 2.25. The van der Waals surface area contributed by atoms with Crippen LogP contribution in [0.3, 0.4) is 0 Å². The topological polar surface area (TPSA) is 42.0 Å². The smallest absolute Gasteiger partial charge is 0.223 e. The lowest BCUT2D eigenvalue weighted by Crippen LogP contribution is -2.04. The summed E-state index contributed by atoms with van der Waals surface area (Å²) in [5, 5.41) is 3.22. The molecule has 0 bridgehead atoms. The average molecular weight is 202 g/mol. The molecule has 1 aromatic carbocycles. The molecule has 0 aliphatic rings. The number of rotatable bonds is 1. The minimum absolute atomic E-state index is 0.123. The van der Waals surface area contributed by atoms with E-state index in [1.807, 2.05) is 18.2 Å². The van der Waals surface area contributed by atoms with Gasteiger partial charge in [0.1, 0.15) is 7.85 Å². The molecule has 0 aliphatic heterocycles. The van der Waals surface area contributed by atoms with Gasteiger partial charge in [0.05, 0.1) is 5.52 Å². The molecule has 0 atom stereocenters. The molecule has 0 spiro atoms. The zero-order chi connectivity index (χ0) is 10.1. The maximum atomic E-state index is 10.8. The molecule has 0 aliphatic carbocycles. The second-order valence-corrected chi connectivity index (χ2v) is 3.89. The molecule has 2 aromatic rings. The van der Waals surface area contributed by atoms with E-state index in [2.05, 4.69) is 10.3 Å². The van der Waals surface area contributed by atoms with Crippen molar-refractivity contribution in [3.8, 4) is 0 Å². The minimum Gasteiger partial charge on any atom is -0.302 e. The van der Waals surface area contributed by atoms with Crippen LogP contribution in [0.4, 0.5) is 5.13 Å². The first-order valence-corrected chi connectivity index (χ1v) is 4.91. The number of carbonyl (C=O) groups excluding carboxylic acids is 1. The number of nitrogens with zero attached hydrogens (tertiary/aromatic N) is 1. The monoisotopic (exact) mass is 202 g/mol. The van der Waals surface area contributed by atoms with Crippen molar-refractivity contribution in [2.75, 3.05) is 5.32 Å². The van der Waals surface area contributed by atoms with Crippen LogP contribution >= 0.6 is 11.3 Å². The molecule has 5 heteroatoms. The molecule has 1 heterocycles. The summed E-state index contributed by atoms with van der Waals surface area (Å²) in [4.78, 5) is 15.0. The second-order valence-electron chi connectivity index (χ2n) is 2.90. The van der Waals surface area contributed by atoms with Crippen molar-refractivity contribution in [3.63, 3.8) is 0 Å². The van der Waals surface area contributed by atoms with E-state index in [9.17, 15) is 4.79 Å². The normalized spacial score (nSPS) is 10.4. The lowest BCUT2D eigenvalue weighted by atomic mass is 9.96. The third-order valence-electron chi connectivity index (χ3n) is 1.73. The van der Waals surface area contributed by atoms with Crippen molar-refractivity contribution in [1.29, 1.82) is 0 Å². The van der Waals surface area contributed by atoms with Gasteiger partial charge in [0, 0.05) is 11.6 Å². The van der Waals surface area contributed by atoms with Gasteiger partial charge < -0.3 is 5.32 Å². The van der Waals surface area contributed by atoms with Gasteiger partial charge in [0.25, 0.3) is 0 Å². The Morgan fingerprint density at radius 1 is 1.57 bits per heavy atom. The highest BCUT2D eigenvalue weighted by Gasteiger charge is 2.05.